The molecule has 0 aliphatic heterocycles. The third kappa shape index (κ3) is 5.13. The molecule has 0 fully saturated rings. The Morgan fingerprint density at radius 3 is 2.56 bits per heavy atom. The van der Waals surface area contributed by atoms with Gasteiger partial charge in [-0.15, -0.1) is 11.3 Å². The molecule has 0 aliphatic rings. The van der Waals surface area contributed by atoms with E-state index in [-0.39, 0.29) is 5.69 Å². The molecule has 0 radical (unpaired) electrons. The molecule has 0 amide bonds. The SMILES string of the molecule is CCN=c1scc(-c2ccc([N+](=O)[O-])cc2)n1/N=C/c1cn(-c2ccccc2)nc1-c1cc2ccccc2oc1=O. The van der Waals surface area contributed by atoms with Crippen LogP contribution in [0.5, 0.6) is 0 Å². The van der Waals surface area contributed by atoms with Gasteiger partial charge in [0.1, 0.15) is 11.3 Å². The van der Waals surface area contributed by atoms with Crippen LogP contribution < -0.4 is 10.4 Å². The lowest BCUT2D eigenvalue weighted by molar-refractivity contribution is -0.384. The van der Waals surface area contributed by atoms with E-state index in [1.54, 1.807) is 46.0 Å². The first-order valence-corrected chi connectivity index (χ1v) is 13.6. The van der Waals surface area contributed by atoms with E-state index in [0.717, 1.165) is 22.3 Å². The molecule has 202 valence electrons. The minimum absolute atomic E-state index is 0.00434. The van der Waals surface area contributed by atoms with E-state index in [0.29, 0.717) is 33.8 Å². The highest BCUT2D eigenvalue weighted by Gasteiger charge is 2.17. The highest BCUT2D eigenvalue weighted by Crippen LogP contribution is 2.25. The van der Waals surface area contributed by atoms with Crippen molar-refractivity contribution in [3.05, 3.63) is 127 Å². The molecule has 6 aromatic rings. The number of nitro benzene ring substituents is 1. The normalized spacial score (nSPS) is 12.0. The maximum Gasteiger partial charge on any atom is 0.345 e. The standard InChI is InChI=1S/C30H22N6O4S/c1-2-31-30-35(26(19-41-30)20-12-14-24(15-13-20)36(38)39)32-17-22-18-34(23-9-4-3-5-10-23)33-28(22)25-16-21-8-6-7-11-27(21)40-29(25)37/h3-19H,2H2,1H3/b31-30?,32-17+. The van der Waals surface area contributed by atoms with E-state index in [4.69, 9.17) is 14.6 Å². The Morgan fingerprint density at radius 2 is 1.80 bits per heavy atom. The number of nitrogens with zero attached hydrogens (tertiary/aromatic N) is 6. The maximum atomic E-state index is 13.1. The van der Waals surface area contributed by atoms with E-state index in [1.165, 1.54) is 23.5 Å². The van der Waals surface area contributed by atoms with Gasteiger partial charge in [0.2, 0.25) is 4.80 Å². The number of hydrogen-bond donors (Lipinski definition) is 0. The lowest BCUT2D eigenvalue weighted by Gasteiger charge is -2.04. The molecule has 11 heteroatoms. The lowest BCUT2D eigenvalue weighted by Crippen LogP contribution is -2.12. The van der Waals surface area contributed by atoms with E-state index in [9.17, 15) is 14.9 Å². The summed E-state index contributed by atoms with van der Waals surface area (Å²) in [6, 6.07) is 24.9. The predicted octanol–water partition coefficient (Wildman–Crippen LogP) is 5.89. The first kappa shape index (κ1) is 25.8. The number of rotatable bonds is 7. The largest absolute Gasteiger partial charge is 0.422 e. The van der Waals surface area contributed by atoms with Crippen LogP contribution in [-0.2, 0) is 0 Å². The van der Waals surface area contributed by atoms with Crippen LogP contribution in [0.1, 0.15) is 12.5 Å². The Morgan fingerprint density at radius 1 is 1.05 bits per heavy atom. The van der Waals surface area contributed by atoms with Gasteiger partial charge in [-0.05, 0) is 43.3 Å². The van der Waals surface area contributed by atoms with Gasteiger partial charge in [-0.25, -0.2) is 14.2 Å². The highest BCUT2D eigenvalue weighted by atomic mass is 32.1. The lowest BCUT2D eigenvalue weighted by atomic mass is 10.1. The van der Waals surface area contributed by atoms with Crippen molar-refractivity contribution < 1.29 is 9.34 Å². The van der Waals surface area contributed by atoms with Crippen molar-refractivity contribution in [1.29, 1.82) is 0 Å². The summed E-state index contributed by atoms with van der Waals surface area (Å²) in [5.74, 6) is 0. The smallest absolute Gasteiger partial charge is 0.345 e. The summed E-state index contributed by atoms with van der Waals surface area (Å²) < 4.78 is 8.98. The van der Waals surface area contributed by atoms with Crippen molar-refractivity contribution in [3.63, 3.8) is 0 Å². The average molecular weight is 563 g/mol. The summed E-state index contributed by atoms with van der Waals surface area (Å²) in [4.78, 5) is 29.0. The Kier molecular flexibility index (Phi) is 6.92. The van der Waals surface area contributed by atoms with Crippen molar-refractivity contribution in [2.24, 2.45) is 10.1 Å². The van der Waals surface area contributed by atoms with Gasteiger partial charge in [0.15, 0.2) is 0 Å². The zero-order valence-electron chi connectivity index (χ0n) is 21.7. The topological polar surface area (TPSA) is 121 Å². The van der Waals surface area contributed by atoms with Gasteiger partial charge in [0.25, 0.3) is 5.69 Å². The Labute approximate surface area is 236 Å². The average Bonchev–Trinajstić information content (AvgIpc) is 3.60. The number of nitro groups is 1. The van der Waals surface area contributed by atoms with Crippen molar-refractivity contribution >= 4 is 34.2 Å². The Balaban J connectivity index is 1.50. The van der Waals surface area contributed by atoms with Crippen LogP contribution in [0, 0.1) is 10.1 Å². The highest BCUT2D eigenvalue weighted by molar-refractivity contribution is 7.07. The number of thiazole rings is 1. The molecule has 0 N–H and O–H groups in total. The predicted molar refractivity (Wildman–Crippen MR) is 159 cm³/mol. The molecule has 0 atom stereocenters. The van der Waals surface area contributed by atoms with Crippen molar-refractivity contribution in [3.8, 4) is 28.2 Å². The summed E-state index contributed by atoms with van der Waals surface area (Å²) in [6.45, 7) is 2.48. The third-order valence-corrected chi connectivity index (χ3v) is 7.18. The second kappa shape index (κ2) is 11.0. The van der Waals surface area contributed by atoms with Crippen LogP contribution in [0.4, 0.5) is 5.69 Å². The molecule has 0 unspecified atom stereocenters. The maximum absolute atomic E-state index is 13.1. The molecule has 0 bridgehead atoms. The van der Waals surface area contributed by atoms with E-state index < -0.39 is 10.5 Å². The fraction of sp³-hybridized carbons (Fsp3) is 0.0667. The Bertz CT molecular complexity index is 2040. The summed E-state index contributed by atoms with van der Waals surface area (Å²) >= 11 is 1.41. The quantitative estimate of drug-likeness (QED) is 0.104. The van der Waals surface area contributed by atoms with E-state index in [1.807, 2.05) is 60.8 Å². The van der Waals surface area contributed by atoms with E-state index >= 15 is 0 Å². The second-order valence-electron chi connectivity index (χ2n) is 8.94. The molecule has 41 heavy (non-hydrogen) atoms. The summed E-state index contributed by atoms with van der Waals surface area (Å²) in [7, 11) is 0. The van der Waals surface area contributed by atoms with Gasteiger partial charge in [-0.2, -0.15) is 10.2 Å². The zero-order chi connectivity index (χ0) is 28.3. The van der Waals surface area contributed by atoms with Gasteiger partial charge in [0, 0.05) is 46.8 Å². The molecule has 10 nitrogen and oxygen atoms in total. The molecule has 6 rings (SSSR count). The van der Waals surface area contributed by atoms with Crippen LogP contribution in [0.15, 0.2) is 116 Å². The van der Waals surface area contributed by atoms with Crippen molar-refractivity contribution in [1.82, 2.24) is 14.5 Å². The molecule has 0 saturated carbocycles. The minimum atomic E-state index is -0.506. The fourth-order valence-corrected chi connectivity index (χ4v) is 5.26. The molecule has 0 spiro atoms. The van der Waals surface area contributed by atoms with Crippen molar-refractivity contribution in [2.75, 3.05) is 6.54 Å². The third-order valence-electron chi connectivity index (χ3n) is 6.32. The summed E-state index contributed by atoms with van der Waals surface area (Å²) in [6.07, 6.45) is 3.44. The van der Waals surface area contributed by atoms with Gasteiger partial charge in [-0.1, -0.05) is 36.4 Å². The fourth-order valence-electron chi connectivity index (χ4n) is 4.36. The van der Waals surface area contributed by atoms with Gasteiger partial charge >= 0.3 is 5.63 Å². The number of hydrogen-bond acceptors (Lipinski definition) is 8. The molecule has 0 saturated heterocycles. The number of benzene rings is 3. The van der Waals surface area contributed by atoms with E-state index in [2.05, 4.69) is 4.99 Å². The van der Waals surface area contributed by atoms with Crippen LogP contribution in [0.2, 0.25) is 0 Å². The monoisotopic (exact) mass is 562 g/mol. The first-order valence-electron chi connectivity index (χ1n) is 12.7. The molecule has 0 aliphatic carbocycles. The Hall–Kier alpha value is -5.42. The molecule has 3 heterocycles. The molecule has 3 aromatic heterocycles. The van der Waals surface area contributed by atoms with Crippen LogP contribution in [0.25, 0.3) is 39.2 Å². The second-order valence-corrected chi connectivity index (χ2v) is 9.77. The van der Waals surface area contributed by atoms with Gasteiger partial charge in [-0.3, -0.25) is 15.1 Å². The van der Waals surface area contributed by atoms with Crippen LogP contribution in [-0.4, -0.2) is 32.1 Å². The number of para-hydroxylation sites is 2. The number of aromatic nitrogens is 3. The minimum Gasteiger partial charge on any atom is -0.422 e. The summed E-state index contributed by atoms with van der Waals surface area (Å²) in [5, 5.41) is 23.3. The van der Waals surface area contributed by atoms with Crippen molar-refractivity contribution in [2.45, 2.75) is 6.92 Å². The van der Waals surface area contributed by atoms with Gasteiger partial charge < -0.3 is 4.42 Å². The van der Waals surface area contributed by atoms with Gasteiger partial charge in [0.05, 0.1) is 28.1 Å². The number of fused-ring (bicyclic) bond motifs is 1. The molecule has 3 aromatic carbocycles. The van der Waals surface area contributed by atoms with Crippen LogP contribution >= 0.6 is 11.3 Å². The molecular weight excluding hydrogens is 540 g/mol. The first-order chi connectivity index (χ1) is 20.0. The number of non-ortho nitro benzene ring substituents is 1. The van der Waals surface area contributed by atoms with Crippen LogP contribution in [0.3, 0.4) is 0 Å². The zero-order valence-corrected chi connectivity index (χ0v) is 22.6. The molecular formula is C30H22N6O4S. The summed E-state index contributed by atoms with van der Waals surface area (Å²) in [5.41, 5.74) is 3.59.